The number of carboxylic acid groups (broad SMARTS) is 1. The average Bonchev–Trinajstić information content (AvgIpc) is 2.20. The van der Waals surface area contributed by atoms with Gasteiger partial charge in [-0.25, -0.2) is 0 Å². The predicted molar refractivity (Wildman–Crippen MR) is 63.9 cm³/mol. The normalized spacial score (nSPS) is 10.7. The van der Waals surface area contributed by atoms with Crippen LogP contribution in [0.4, 0.5) is 0 Å². The number of allylic oxidation sites excluding steroid dienone is 3. The number of aliphatic carboxylic acids is 1. The topological polar surface area (TPSA) is 37.3 Å². The molecule has 0 amide bonds. The molecule has 0 atom stereocenters. The van der Waals surface area contributed by atoms with E-state index in [1.165, 1.54) is 12.8 Å². The van der Waals surface area contributed by atoms with E-state index in [0.29, 0.717) is 6.42 Å². The SMILES string of the molecule is C=CCC=CCCCCCCCC(=O)O. The molecule has 0 aliphatic rings. The van der Waals surface area contributed by atoms with Crippen molar-refractivity contribution in [3.05, 3.63) is 24.8 Å². The van der Waals surface area contributed by atoms with Crippen molar-refractivity contribution in [2.75, 3.05) is 0 Å². The first-order valence-corrected chi connectivity index (χ1v) is 5.75. The minimum atomic E-state index is -0.678. The van der Waals surface area contributed by atoms with Crippen LogP contribution >= 0.6 is 0 Å². The van der Waals surface area contributed by atoms with E-state index >= 15 is 0 Å². The monoisotopic (exact) mass is 210 g/mol. The molecule has 0 fully saturated rings. The van der Waals surface area contributed by atoms with Crippen LogP contribution in [0.3, 0.4) is 0 Å². The maximum Gasteiger partial charge on any atom is 0.303 e. The Kier molecular flexibility index (Phi) is 10.3. The van der Waals surface area contributed by atoms with E-state index in [2.05, 4.69) is 18.7 Å². The summed E-state index contributed by atoms with van der Waals surface area (Å²) in [6, 6.07) is 0. The molecule has 0 radical (unpaired) electrons. The molecule has 0 spiro atoms. The Balaban J connectivity index is 3.04. The van der Waals surface area contributed by atoms with Gasteiger partial charge in [0.1, 0.15) is 0 Å². The number of rotatable bonds is 10. The highest BCUT2D eigenvalue weighted by molar-refractivity contribution is 5.66. The Hall–Kier alpha value is -1.05. The lowest BCUT2D eigenvalue weighted by molar-refractivity contribution is -0.137. The fourth-order valence-corrected chi connectivity index (χ4v) is 1.38. The van der Waals surface area contributed by atoms with Gasteiger partial charge in [0.05, 0.1) is 0 Å². The van der Waals surface area contributed by atoms with Crippen molar-refractivity contribution in [1.82, 2.24) is 0 Å². The summed E-state index contributed by atoms with van der Waals surface area (Å²) >= 11 is 0. The van der Waals surface area contributed by atoms with Crippen molar-refractivity contribution in [3.63, 3.8) is 0 Å². The summed E-state index contributed by atoms with van der Waals surface area (Å²) < 4.78 is 0. The van der Waals surface area contributed by atoms with E-state index in [9.17, 15) is 4.79 Å². The quantitative estimate of drug-likeness (QED) is 0.438. The highest BCUT2D eigenvalue weighted by atomic mass is 16.4. The van der Waals surface area contributed by atoms with Crippen molar-refractivity contribution < 1.29 is 9.90 Å². The molecule has 0 aromatic rings. The van der Waals surface area contributed by atoms with Crippen LogP contribution in [0.15, 0.2) is 24.8 Å². The van der Waals surface area contributed by atoms with Crippen molar-refractivity contribution in [1.29, 1.82) is 0 Å². The Morgan fingerprint density at radius 1 is 1.07 bits per heavy atom. The van der Waals surface area contributed by atoms with Crippen LogP contribution in [0.2, 0.25) is 0 Å². The molecule has 86 valence electrons. The molecule has 2 nitrogen and oxygen atoms in total. The summed E-state index contributed by atoms with van der Waals surface area (Å²) in [4.78, 5) is 10.2. The third-order valence-electron chi connectivity index (χ3n) is 2.23. The molecule has 0 saturated carbocycles. The van der Waals surface area contributed by atoms with Gasteiger partial charge < -0.3 is 5.11 Å². The molecule has 0 unspecified atom stereocenters. The zero-order chi connectivity index (χ0) is 11.4. The first-order valence-electron chi connectivity index (χ1n) is 5.75. The zero-order valence-corrected chi connectivity index (χ0v) is 9.45. The number of carbonyl (C=O) groups is 1. The number of carboxylic acids is 1. The van der Waals surface area contributed by atoms with E-state index in [0.717, 1.165) is 32.1 Å². The highest BCUT2D eigenvalue weighted by Gasteiger charge is 1.95. The van der Waals surface area contributed by atoms with Crippen molar-refractivity contribution in [3.8, 4) is 0 Å². The molecule has 0 aromatic heterocycles. The van der Waals surface area contributed by atoms with Crippen LogP contribution in [0, 0.1) is 0 Å². The van der Waals surface area contributed by atoms with Crippen LogP contribution < -0.4 is 0 Å². The molecule has 2 heteroatoms. The molecule has 0 aliphatic heterocycles. The lowest BCUT2D eigenvalue weighted by atomic mass is 10.1. The second-order valence-electron chi connectivity index (χ2n) is 3.70. The van der Waals surface area contributed by atoms with E-state index in [1.807, 2.05) is 6.08 Å². The van der Waals surface area contributed by atoms with E-state index in [4.69, 9.17) is 5.11 Å². The molecule has 1 N–H and O–H groups in total. The largest absolute Gasteiger partial charge is 0.481 e. The summed E-state index contributed by atoms with van der Waals surface area (Å²) in [6.07, 6.45) is 14.1. The number of hydrogen-bond donors (Lipinski definition) is 1. The third kappa shape index (κ3) is 12.9. The van der Waals surface area contributed by atoms with Crippen molar-refractivity contribution >= 4 is 5.97 Å². The van der Waals surface area contributed by atoms with Gasteiger partial charge in [0.2, 0.25) is 0 Å². The summed E-state index contributed by atoms with van der Waals surface area (Å²) in [6.45, 7) is 3.64. The van der Waals surface area contributed by atoms with Gasteiger partial charge >= 0.3 is 5.97 Å². The fourth-order valence-electron chi connectivity index (χ4n) is 1.38. The average molecular weight is 210 g/mol. The summed E-state index contributed by atoms with van der Waals surface area (Å²) in [5.41, 5.74) is 0. The molecular formula is C13H22O2. The maximum absolute atomic E-state index is 10.2. The van der Waals surface area contributed by atoms with Gasteiger partial charge in [0.15, 0.2) is 0 Å². The molecule has 0 bridgehead atoms. The first-order chi connectivity index (χ1) is 7.27. The predicted octanol–water partition coefficient (Wildman–Crippen LogP) is 3.93. The smallest absolute Gasteiger partial charge is 0.303 e. The molecule has 0 saturated heterocycles. The highest BCUT2D eigenvalue weighted by Crippen LogP contribution is 2.07. The fraction of sp³-hybridized carbons (Fsp3) is 0.615. The van der Waals surface area contributed by atoms with Gasteiger partial charge in [0, 0.05) is 6.42 Å². The summed E-state index contributed by atoms with van der Waals surface area (Å²) in [5.74, 6) is -0.678. The van der Waals surface area contributed by atoms with Crippen LogP contribution in [-0.4, -0.2) is 11.1 Å². The minimum absolute atomic E-state index is 0.319. The lowest BCUT2D eigenvalue weighted by Gasteiger charge is -1.97. The van der Waals surface area contributed by atoms with Crippen LogP contribution in [-0.2, 0) is 4.79 Å². The number of hydrogen-bond acceptors (Lipinski definition) is 1. The van der Waals surface area contributed by atoms with E-state index in [-0.39, 0.29) is 0 Å². The molecule has 0 heterocycles. The van der Waals surface area contributed by atoms with Crippen LogP contribution in [0.1, 0.15) is 51.4 Å². The Bertz CT molecular complexity index is 195. The Morgan fingerprint density at radius 3 is 2.40 bits per heavy atom. The third-order valence-corrected chi connectivity index (χ3v) is 2.23. The second kappa shape index (κ2) is 11.0. The van der Waals surface area contributed by atoms with Gasteiger partial charge in [-0.2, -0.15) is 0 Å². The van der Waals surface area contributed by atoms with Gasteiger partial charge in [-0.1, -0.05) is 37.5 Å². The van der Waals surface area contributed by atoms with Gasteiger partial charge in [-0.3, -0.25) is 4.79 Å². The van der Waals surface area contributed by atoms with Gasteiger partial charge in [0.25, 0.3) is 0 Å². The maximum atomic E-state index is 10.2. The Labute approximate surface area is 92.7 Å². The van der Waals surface area contributed by atoms with E-state index in [1.54, 1.807) is 0 Å². The van der Waals surface area contributed by atoms with Crippen molar-refractivity contribution in [2.45, 2.75) is 51.4 Å². The molecule has 0 aromatic carbocycles. The molecular weight excluding hydrogens is 188 g/mol. The Morgan fingerprint density at radius 2 is 1.73 bits per heavy atom. The van der Waals surface area contributed by atoms with Gasteiger partial charge in [-0.05, 0) is 25.7 Å². The molecule has 0 rings (SSSR count). The van der Waals surface area contributed by atoms with E-state index < -0.39 is 5.97 Å². The second-order valence-corrected chi connectivity index (χ2v) is 3.70. The zero-order valence-electron chi connectivity index (χ0n) is 9.45. The molecule has 0 aliphatic carbocycles. The van der Waals surface area contributed by atoms with Crippen LogP contribution in [0.5, 0.6) is 0 Å². The van der Waals surface area contributed by atoms with Gasteiger partial charge in [-0.15, -0.1) is 6.58 Å². The van der Waals surface area contributed by atoms with Crippen molar-refractivity contribution in [2.24, 2.45) is 0 Å². The standard InChI is InChI=1S/C13H22O2/c1-2-3-4-5-6-7-8-9-10-11-12-13(14)15/h2,4-5H,1,3,6-12H2,(H,14,15). The first kappa shape index (κ1) is 13.9. The van der Waals surface area contributed by atoms with Crippen LogP contribution in [0.25, 0.3) is 0 Å². The number of unbranched alkanes of at least 4 members (excludes halogenated alkanes) is 5. The summed E-state index contributed by atoms with van der Waals surface area (Å²) in [5, 5.41) is 8.42. The molecule has 15 heavy (non-hydrogen) atoms. The lowest BCUT2D eigenvalue weighted by Crippen LogP contribution is -1.93. The minimum Gasteiger partial charge on any atom is -0.481 e. The summed E-state index contributed by atoms with van der Waals surface area (Å²) in [7, 11) is 0.